The molecule has 8 nitrogen and oxygen atoms in total. The molecule has 0 radical (unpaired) electrons. The molecule has 0 unspecified atom stereocenters. The molecule has 1 amide bonds. The Morgan fingerprint density at radius 1 is 1.41 bits per heavy atom. The van der Waals surface area contributed by atoms with Crippen LogP contribution in [-0.4, -0.2) is 63.0 Å². The van der Waals surface area contributed by atoms with Gasteiger partial charge in [0, 0.05) is 17.6 Å². The molecule has 1 aromatic heterocycles. The molecule has 0 bridgehead atoms. The number of benzene rings is 1. The molecular weight excluding hydrogens is 390 g/mol. The van der Waals surface area contributed by atoms with E-state index in [9.17, 15) is 13.2 Å². The molecule has 1 aliphatic heterocycles. The maximum atomic E-state index is 12.9. The van der Waals surface area contributed by atoms with Crippen LogP contribution in [0.4, 0.5) is 0 Å². The van der Waals surface area contributed by atoms with Gasteiger partial charge in [0.25, 0.3) is 0 Å². The Morgan fingerprint density at radius 2 is 2.15 bits per heavy atom. The van der Waals surface area contributed by atoms with E-state index >= 15 is 0 Å². The number of hydrogen-bond donors (Lipinski definition) is 0. The molecule has 0 saturated carbocycles. The third-order valence-corrected chi connectivity index (χ3v) is 6.88. The van der Waals surface area contributed by atoms with E-state index in [4.69, 9.17) is 11.6 Å². The van der Waals surface area contributed by atoms with Gasteiger partial charge in [-0.15, -0.1) is 10.2 Å². The Balaban J connectivity index is 1.77. The van der Waals surface area contributed by atoms with Crippen LogP contribution in [0.1, 0.15) is 26.7 Å². The standard InChI is InChI=1S/C17H22ClN5O3S/c1-3-12(2)23(13-8-9-27(25,26)11-13)16(24)10-22-20-17(19-21-22)14-6-4-5-7-15(14)18/h4-7,12-13H,3,8-11H2,1-2H3/t12-,13-/m0/s1. The van der Waals surface area contributed by atoms with Crippen molar-refractivity contribution in [3.05, 3.63) is 29.3 Å². The Hall–Kier alpha value is -2.00. The van der Waals surface area contributed by atoms with E-state index in [1.165, 1.54) is 4.80 Å². The van der Waals surface area contributed by atoms with Gasteiger partial charge in [-0.25, -0.2) is 8.42 Å². The van der Waals surface area contributed by atoms with Crippen LogP contribution in [-0.2, 0) is 21.2 Å². The van der Waals surface area contributed by atoms with Crippen LogP contribution < -0.4 is 0 Å². The van der Waals surface area contributed by atoms with E-state index in [0.29, 0.717) is 22.8 Å². The molecule has 0 N–H and O–H groups in total. The van der Waals surface area contributed by atoms with Gasteiger partial charge in [0.1, 0.15) is 6.54 Å². The lowest BCUT2D eigenvalue weighted by molar-refractivity contribution is -0.136. The summed E-state index contributed by atoms with van der Waals surface area (Å²) in [6.07, 6.45) is 1.20. The van der Waals surface area contributed by atoms with Gasteiger partial charge in [-0.1, -0.05) is 30.7 Å². The lowest BCUT2D eigenvalue weighted by atomic mass is 10.1. The number of amides is 1. The van der Waals surface area contributed by atoms with Crippen LogP contribution in [0.25, 0.3) is 11.4 Å². The van der Waals surface area contributed by atoms with E-state index in [-0.39, 0.29) is 36.0 Å². The highest BCUT2D eigenvalue weighted by molar-refractivity contribution is 7.91. The zero-order chi connectivity index (χ0) is 19.6. The molecule has 2 aromatic rings. The van der Waals surface area contributed by atoms with Gasteiger partial charge < -0.3 is 4.90 Å². The Bertz CT molecular complexity index is 930. The number of nitrogens with zero attached hydrogens (tertiary/aromatic N) is 5. The van der Waals surface area contributed by atoms with Crippen LogP contribution in [0.15, 0.2) is 24.3 Å². The summed E-state index contributed by atoms with van der Waals surface area (Å²) in [4.78, 5) is 15.8. The second-order valence-corrected chi connectivity index (χ2v) is 9.37. The molecule has 3 rings (SSSR count). The highest BCUT2D eigenvalue weighted by Crippen LogP contribution is 2.24. The third-order valence-electron chi connectivity index (χ3n) is 4.80. The van der Waals surface area contributed by atoms with Crippen molar-refractivity contribution in [1.82, 2.24) is 25.1 Å². The van der Waals surface area contributed by atoms with Crippen molar-refractivity contribution in [2.75, 3.05) is 11.5 Å². The molecular formula is C17H22ClN5O3S. The summed E-state index contributed by atoms with van der Waals surface area (Å²) in [6, 6.07) is 6.76. The fourth-order valence-corrected chi connectivity index (χ4v) is 5.20. The van der Waals surface area contributed by atoms with Crippen LogP contribution in [0.2, 0.25) is 5.02 Å². The molecule has 2 atom stereocenters. The predicted molar refractivity (Wildman–Crippen MR) is 102 cm³/mol. The summed E-state index contributed by atoms with van der Waals surface area (Å²) in [5, 5.41) is 12.7. The molecule has 1 fully saturated rings. The summed E-state index contributed by atoms with van der Waals surface area (Å²) in [7, 11) is -3.08. The van der Waals surface area contributed by atoms with Crippen molar-refractivity contribution in [2.45, 2.75) is 45.3 Å². The first kappa shape index (κ1) is 19.8. The predicted octanol–water partition coefficient (Wildman–Crippen LogP) is 1.81. The number of sulfone groups is 1. The molecule has 27 heavy (non-hydrogen) atoms. The molecule has 1 aliphatic rings. The van der Waals surface area contributed by atoms with E-state index in [0.717, 1.165) is 6.42 Å². The van der Waals surface area contributed by atoms with Crippen molar-refractivity contribution in [1.29, 1.82) is 0 Å². The van der Waals surface area contributed by atoms with Gasteiger partial charge in [0.2, 0.25) is 11.7 Å². The minimum atomic E-state index is -3.08. The lowest BCUT2D eigenvalue weighted by Gasteiger charge is -2.33. The molecule has 0 spiro atoms. The number of aromatic nitrogens is 4. The smallest absolute Gasteiger partial charge is 0.246 e. The minimum absolute atomic E-state index is 0.0126. The van der Waals surface area contributed by atoms with Crippen molar-refractivity contribution >= 4 is 27.3 Å². The van der Waals surface area contributed by atoms with Gasteiger partial charge in [-0.2, -0.15) is 4.80 Å². The van der Waals surface area contributed by atoms with E-state index < -0.39 is 9.84 Å². The van der Waals surface area contributed by atoms with E-state index in [1.54, 1.807) is 23.1 Å². The Kier molecular flexibility index (Phi) is 5.81. The van der Waals surface area contributed by atoms with Crippen LogP contribution in [0.5, 0.6) is 0 Å². The number of halogens is 1. The normalized spacial score (nSPS) is 19.7. The summed E-state index contributed by atoms with van der Waals surface area (Å²) < 4.78 is 23.7. The van der Waals surface area contributed by atoms with Crippen molar-refractivity contribution < 1.29 is 13.2 Å². The fourth-order valence-electron chi connectivity index (χ4n) is 3.26. The van der Waals surface area contributed by atoms with Crippen LogP contribution in [0, 0.1) is 0 Å². The van der Waals surface area contributed by atoms with E-state index in [2.05, 4.69) is 15.4 Å². The number of rotatable bonds is 6. The number of carbonyl (C=O) groups is 1. The number of tetrazole rings is 1. The highest BCUT2D eigenvalue weighted by atomic mass is 35.5. The first-order valence-electron chi connectivity index (χ1n) is 8.85. The van der Waals surface area contributed by atoms with Crippen LogP contribution in [0.3, 0.4) is 0 Å². The maximum absolute atomic E-state index is 12.9. The first-order valence-corrected chi connectivity index (χ1v) is 11.0. The monoisotopic (exact) mass is 411 g/mol. The van der Waals surface area contributed by atoms with Gasteiger partial charge in [0.05, 0.1) is 16.5 Å². The second-order valence-electron chi connectivity index (χ2n) is 6.74. The summed E-state index contributed by atoms with van der Waals surface area (Å²) in [6.45, 7) is 3.79. The van der Waals surface area contributed by atoms with Crippen molar-refractivity contribution in [3.8, 4) is 11.4 Å². The zero-order valence-electron chi connectivity index (χ0n) is 15.2. The highest BCUT2D eigenvalue weighted by Gasteiger charge is 2.36. The molecule has 1 aromatic carbocycles. The lowest BCUT2D eigenvalue weighted by Crippen LogP contribution is -2.48. The average Bonchev–Trinajstić information content (AvgIpc) is 3.21. The van der Waals surface area contributed by atoms with Crippen molar-refractivity contribution in [2.24, 2.45) is 0 Å². The Morgan fingerprint density at radius 3 is 2.78 bits per heavy atom. The third kappa shape index (κ3) is 4.47. The van der Waals surface area contributed by atoms with Crippen LogP contribution >= 0.6 is 11.6 Å². The quantitative estimate of drug-likeness (QED) is 0.718. The van der Waals surface area contributed by atoms with Crippen molar-refractivity contribution in [3.63, 3.8) is 0 Å². The zero-order valence-corrected chi connectivity index (χ0v) is 16.8. The first-order chi connectivity index (χ1) is 12.8. The van der Waals surface area contributed by atoms with E-state index in [1.807, 2.05) is 19.9 Å². The number of hydrogen-bond acceptors (Lipinski definition) is 6. The average molecular weight is 412 g/mol. The molecule has 10 heteroatoms. The van der Waals surface area contributed by atoms with Gasteiger partial charge in [0.15, 0.2) is 9.84 Å². The van der Waals surface area contributed by atoms with Gasteiger partial charge in [-0.05, 0) is 37.1 Å². The molecule has 1 saturated heterocycles. The molecule has 0 aliphatic carbocycles. The summed E-state index contributed by atoms with van der Waals surface area (Å²) in [5.41, 5.74) is 0.638. The maximum Gasteiger partial charge on any atom is 0.246 e. The molecule has 2 heterocycles. The summed E-state index contributed by atoms with van der Waals surface area (Å²) >= 11 is 6.15. The minimum Gasteiger partial charge on any atom is -0.334 e. The SMILES string of the molecule is CC[C@H](C)N(C(=O)Cn1nnc(-c2ccccc2Cl)n1)[C@H]1CCS(=O)(=O)C1. The fraction of sp³-hybridized carbons (Fsp3) is 0.529. The largest absolute Gasteiger partial charge is 0.334 e. The molecule has 146 valence electrons. The topological polar surface area (TPSA) is 98.1 Å². The Labute approximate surface area is 163 Å². The van der Waals surface area contributed by atoms with Gasteiger partial charge in [-0.3, -0.25) is 4.79 Å². The number of carbonyl (C=O) groups excluding carboxylic acids is 1. The summed E-state index contributed by atoms with van der Waals surface area (Å²) in [5.74, 6) is 0.260. The second kappa shape index (κ2) is 7.93. The van der Waals surface area contributed by atoms with Gasteiger partial charge >= 0.3 is 0 Å².